The molecule has 1 N–H and O–H groups in total. The van der Waals surface area contributed by atoms with Gasteiger partial charge in [-0.05, 0) is 19.1 Å². The van der Waals surface area contributed by atoms with E-state index in [1.807, 2.05) is 48.1 Å². The summed E-state index contributed by atoms with van der Waals surface area (Å²) in [5.74, 6) is 0. The van der Waals surface area contributed by atoms with Crippen molar-refractivity contribution in [2.75, 3.05) is 0 Å². The maximum Gasteiger partial charge on any atom is 0.155 e. The molecule has 0 aliphatic rings. The van der Waals surface area contributed by atoms with Crippen LogP contribution in [0.3, 0.4) is 0 Å². The Balaban J connectivity index is 1.65. The number of rotatable bonds is 4. The van der Waals surface area contributed by atoms with Gasteiger partial charge in [0.15, 0.2) is 5.65 Å². The number of aromatic nitrogens is 4. The molecule has 0 saturated carbocycles. The molecule has 96 valence electrons. The molecule has 0 aliphatic carbocycles. The highest BCUT2D eigenvalue weighted by Crippen LogP contribution is 2.04. The Morgan fingerprint density at radius 3 is 3.00 bits per heavy atom. The highest BCUT2D eigenvalue weighted by molar-refractivity contribution is 5.38. The van der Waals surface area contributed by atoms with E-state index < -0.39 is 0 Å². The van der Waals surface area contributed by atoms with Crippen LogP contribution in [0.4, 0.5) is 0 Å². The average molecular weight is 253 g/mol. The van der Waals surface area contributed by atoms with Crippen molar-refractivity contribution in [3.8, 4) is 0 Å². The largest absolute Gasteiger partial charge is 0.307 e. The molecule has 0 unspecified atom stereocenters. The molecule has 0 aromatic carbocycles. The summed E-state index contributed by atoms with van der Waals surface area (Å²) in [6, 6.07) is 7.88. The first-order chi connectivity index (χ1) is 9.31. The Labute approximate surface area is 111 Å². The Kier molecular flexibility index (Phi) is 3.20. The van der Waals surface area contributed by atoms with Gasteiger partial charge in [-0.2, -0.15) is 5.10 Å². The SMILES string of the molecule is Cc1cc2ncc(CNCc3ccccn3)cn2n1. The van der Waals surface area contributed by atoms with Gasteiger partial charge >= 0.3 is 0 Å². The lowest BCUT2D eigenvalue weighted by atomic mass is 10.3. The first-order valence-corrected chi connectivity index (χ1v) is 6.23. The zero-order valence-electron chi connectivity index (χ0n) is 10.7. The van der Waals surface area contributed by atoms with E-state index in [0.717, 1.165) is 35.7 Å². The molecule has 3 heterocycles. The second-order valence-corrected chi connectivity index (χ2v) is 4.48. The molecule has 5 nitrogen and oxygen atoms in total. The summed E-state index contributed by atoms with van der Waals surface area (Å²) in [6.45, 7) is 3.46. The van der Waals surface area contributed by atoms with Crippen LogP contribution in [-0.2, 0) is 13.1 Å². The highest BCUT2D eigenvalue weighted by atomic mass is 15.2. The van der Waals surface area contributed by atoms with Crippen LogP contribution >= 0.6 is 0 Å². The summed E-state index contributed by atoms with van der Waals surface area (Å²) in [4.78, 5) is 8.64. The lowest BCUT2D eigenvalue weighted by molar-refractivity contribution is 0.673. The van der Waals surface area contributed by atoms with Gasteiger partial charge in [-0.3, -0.25) is 4.98 Å². The molecule has 0 spiro atoms. The van der Waals surface area contributed by atoms with Crippen LogP contribution in [0.5, 0.6) is 0 Å². The number of hydrogen-bond acceptors (Lipinski definition) is 4. The Bertz CT molecular complexity index is 675. The molecule has 3 aromatic rings. The van der Waals surface area contributed by atoms with Gasteiger partial charge in [0.1, 0.15) is 0 Å². The van der Waals surface area contributed by atoms with E-state index in [2.05, 4.69) is 20.4 Å². The van der Waals surface area contributed by atoms with Gasteiger partial charge in [0.25, 0.3) is 0 Å². The van der Waals surface area contributed by atoms with E-state index in [-0.39, 0.29) is 0 Å². The van der Waals surface area contributed by atoms with Gasteiger partial charge in [-0.1, -0.05) is 6.07 Å². The Hall–Kier alpha value is -2.27. The number of aryl methyl sites for hydroxylation is 1. The topological polar surface area (TPSA) is 55.1 Å². The molecule has 3 aromatic heterocycles. The van der Waals surface area contributed by atoms with Crippen LogP contribution in [0.25, 0.3) is 5.65 Å². The minimum Gasteiger partial charge on any atom is -0.307 e. The molecule has 0 radical (unpaired) electrons. The van der Waals surface area contributed by atoms with Crippen LogP contribution in [0.2, 0.25) is 0 Å². The first-order valence-electron chi connectivity index (χ1n) is 6.23. The Morgan fingerprint density at radius 2 is 2.16 bits per heavy atom. The van der Waals surface area contributed by atoms with Crippen molar-refractivity contribution in [3.05, 3.63) is 59.8 Å². The number of nitrogens with one attached hydrogen (secondary N) is 1. The van der Waals surface area contributed by atoms with E-state index >= 15 is 0 Å². The predicted octanol–water partition coefficient (Wildman–Crippen LogP) is 1.72. The van der Waals surface area contributed by atoms with E-state index in [9.17, 15) is 0 Å². The molecular weight excluding hydrogens is 238 g/mol. The summed E-state index contributed by atoms with van der Waals surface area (Å²) < 4.78 is 1.81. The predicted molar refractivity (Wildman–Crippen MR) is 72.5 cm³/mol. The van der Waals surface area contributed by atoms with Crippen molar-refractivity contribution < 1.29 is 0 Å². The lowest BCUT2D eigenvalue weighted by Gasteiger charge is -2.04. The monoisotopic (exact) mass is 253 g/mol. The van der Waals surface area contributed by atoms with E-state index in [0.29, 0.717) is 0 Å². The average Bonchev–Trinajstić information content (AvgIpc) is 2.79. The standard InChI is InChI=1S/C14H15N5/c1-11-6-14-17-8-12(10-19(14)18-11)7-15-9-13-4-2-3-5-16-13/h2-6,8,10,15H,7,9H2,1H3. The van der Waals surface area contributed by atoms with Gasteiger partial charge in [0.2, 0.25) is 0 Å². The fourth-order valence-electron chi connectivity index (χ4n) is 1.96. The van der Waals surface area contributed by atoms with Crippen molar-refractivity contribution in [3.63, 3.8) is 0 Å². The molecule has 5 heteroatoms. The minimum absolute atomic E-state index is 0.747. The maximum atomic E-state index is 4.37. The van der Waals surface area contributed by atoms with E-state index in [1.54, 1.807) is 6.20 Å². The van der Waals surface area contributed by atoms with Crippen LogP contribution < -0.4 is 5.32 Å². The summed E-state index contributed by atoms with van der Waals surface area (Å²) >= 11 is 0. The van der Waals surface area contributed by atoms with Crippen LogP contribution in [-0.4, -0.2) is 19.6 Å². The van der Waals surface area contributed by atoms with Crippen molar-refractivity contribution in [1.82, 2.24) is 24.9 Å². The summed E-state index contributed by atoms with van der Waals surface area (Å²) in [7, 11) is 0. The fraction of sp³-hybridized carbons (Fsp3) is 0.214. The number of pyridine rings is 1. The van der Waals surface area contributed by atoms with Gasteiger partial charge in [0.05, 0.1) is 11.4 Å². The zero-order valence-corrected chi connectivity index (χ0v) is 10.7. The van der Waals surface area contributed by atoms with Gasteiger partial charge in [0, 0.05) is 43.3 Å². The third-order valence-corrected chi connectivity index (χ3v) is 2.85. The molecule has 0 saturated heterocycles. The fourth-order valence-corrected chi connectivity index (χ4v) is 1.96. The lowest BCUT2D eigenvalue weighted by Crippen LogP contribution is -2.14. The molecule has 0 bridgehead atoms. The molecular formula is C14H15N5. The van der Waals surface area contributed by atoms with E-state index in [1.165, 1.54) is 0 Å². The second-order valence-electron chi connectivity index (χ2n) is 4.48. The van der Waals surface area contributed by atoms with E-state index in [4.69, 9.17) is 0 Å². The number of hydrogen-bond donors (Lipinski definition) is 1. The van der Waals surface area contributed by atoms with Gasteiger partial charge in [-0.25, -0.2) is 9.50 Å². The third-order valence-electron chi connectivity index (χ3n) is 2.85. The van der Waals surface area contributed by atoms with Crippen LogP contribution in [0.15, 0.2) is 42.9 Å². The van der Waals surface area contributed by atoms with Crippen LogP contribution in [0, 0.1) is 6.92 Å². The first kappa shape index (κ1) is 11.8. The smallest absolute Gasteiger partial charge is 0.155 e. The minimum atomic E-state index is 0.747. The number of nitrogens with zero attached hydrogens (tertiary/aromatic N) is 4. The molecule has 3 rings (SSSR count). The Morgan fingerprint density at radius 1 is 1.21 bits per heavy atom. The summed E-state index contributed by atoms with van der Waals surface area (Å²) in [5.41, 5.74) is 4.00. The third kappa shape index (κ3) is 2.77. The van der Waals surface area contributed by atoms with Gasteiger partial charge < -0.3 is 5.32 Å². The van der Waals surface area contributed by atoms with Crippen molar-refractivity contribution in [2.24, 2.45) is 0 Å². The normalized spacial score (nSPS) is 11.0. The summed E-state index contributed by atoms with van der Waals surface area (Å²) in [6.07, 6.45) is 5.68. The number of fused-ring (bicyclic) bond motifs is 1. The van der Waals surface area contributed by atoms with Crippen molar-refractivity contribution in [1.29, 1.82) is 0 Å². The maximum absolute atomic E-state index is 4.37. The molecule has 0 aliphatic heterocycles. The highest BCUT2D eigenvalue weighted by Gasteiger charge is 2.00. The molecule has 19 heavy (non-hydrogen) atoms. The zero-order chi connectivity index (χ0) is 13.1. The van der Waals surface area contributed by atoms with Crippen LogP contribution in [0.1, 0.15) is 17.0 Å². The summed E-state index contributed by atoms with van der Waals surface area (Å²) in [5, 5.41) is 7.70. The molecule has 0 fully saturated rings. The quantitative estimate of drug-likeness (QED) is 0.769. The second kappa shape index (κ2) is 5.16. The van der Waals surface area contributed by atoms with Crippen molar-refractivity contribution >= 4 is 5.65 Å². The van der Waals surface area contributed by atoms with Gasteiger partial charge in [-0.15, -0.1) is 0 Å². The molecule has 0 atom stereocenters. The van der Waals surface area contributed by atoms with Crippen molar-refractivity contribution in [2.45, 2.75) is 20.0 Å². The molecule has 0 amide bonds.